The molecule has 0 saturated carbocycles. The molecular weight excluding hydrogens is 482 g/mol. The van der Waals surface area contributed by atoms with Gasteiger partial charge >= 0.3 is 5.97 Å². The first-order valence-electron chi connectivity index (χ1n) is 12.4. The molecule has 8 heteroatoms. The van der Waals surface area contributed by atoms with Crippen LogP contribution in [0.25, 0.3) is 5.70 Å². The average Bonchev–Trinajstić information content (AvgIpc) is 3.39. The van der Waals surface area contributed by atoms with Crippen molar-refractivity contribution in [1.82, 2.24) is 10.4 Å². The fourth-order valence-electron chi connectivity index (χ4n) is 4.08. The summed E-state index contributed by atoms with van der Waals surface area (Å²) in [6.07, 6.45) is 1.75. The molecule has 1 heterocycles. The van der Waals surface area contributed by atoms with Gasteiger partial charge in [0.25, 0.3) is 5.91 Å². The summed E-state index contributed by atoms with van der Waals surface area (Å²) >= 11 is 0. The van der Waals surface area contributed by atoms with E-state index in [1.165, 1.54) is 5.01 Å². The van der Waals surface area contributed by atoms with Gasteiger partial charge < -0.3 is 14.8 Å². The first-order valence-corrected chi connectivity index (χ1v) is 12.4. The van der Waals surface area contributed by atoms with Crippen molar-refractivity contribution < 1.29 is 23.9 Å². The van der Waals surface area contributed by atoms with Gasteiger partial charge in [0.15, 0.2) is 6.61 Å². The zero-order chi connectivity index (χ0) is 27.1. The fourth-order valence-corrected chi connectivity index (χ4v) is 4.08. The number of aryl methyl sites for hydroxylation is 2. The van der Waals surface area contributed by atoms with Crippen LogP contribution >= 0.6 is 0 Å². The summed E-state index contributed by atoms with van der Waals surface area (Å²) < 4.78 is 10.4. The number of nitrogens with one attached hydrogen (secondary N) is 2. The zero-order valence-corrected chi connectivity index (χ0v) is 21.7. The Morgan fingerprint density at radius 3 is 2.34 bits per heavy atom. The number of anilines is 1. The maximum Gasteiger partial charge on any atom is 0.306 e. The number of methoxy groups -OCH3 is 1. The van der Waals surface area contributed by atoms with Crippen LogP contribution < -0.4 is 15.5 Å². The molecule has 1 aliphatic heterocycles. The van der Waals surface area contributed by atoms with E-state index in [1.807, 2.05) is 86.7 Å². The van der Waals surface area contributed by atoms with E-state index < -0.39 is 18.5 Å². The summed E-state index contributed by atoms with van der Waals surface area (Å²) in [5.74, 6) is -0.617. The van der Waals surface area contributed by atoms with E-state index in [-0.39, 0.29) is 24.8 Å². The molecule has 0 fully saturated rings. The molecule has 0 bridgehead atoms. The van der Waals surface area contributed by atoms with Gasteiger partial charge in [0, 0.05) is 12.1 Å². The van der Waals surface area contributed by atoms with Gasteiger partial charge in [-0.2, -0.15) is 0 Å². The first-order chi connectivity index (χ1) is 18.3. The van der Waals surface area contributed by atoms with Gasteiger partial charge in [-0.1, -0.05) is 48.5 Å². The highest BCUT2D eigenvalue weighted by atomic mass is 16.5. The molecule has 2 N–H and O–H groups in total. The molecule has 8 nitrogen and oxygen atoms in total. The Bertz CT molecular complexity index is 1340. The van der Waals surface area contributed by atoms with Crippen LogP contribution in [0.1, 0.15) is 41.1 Å². The van der Waals surface area contributed by atoms with E-state index in [4.69, 9.17) is 9.47 Å². The Morgan fingerprint density at radius 2 is 1.66 bits per heavy atom. The van der Waals surface area contributed by atoms with Crippen molar-refractivity contribution >= 4 is 29.2 Å². The van der Waals surface area contributed by atoms with Crippen molar-refractivity contribution in [3.8, 4) is 5.75 Å². The smallest absolute Gasteiger partial charge is 0.306 e. The second-order valence-corrected chi connectivity index (χ2v) is 9.05. The number of nitrogens with zero attached hydrogens (tertiary/aromatic N) is 1. The molecule has 1 aliphatic rings. The van der Waals surface area contributed by atoms with E-state index in [0.717, 1.165) is 28.0 Å². The maximum absolute atomic E-state index is 13.2. The number of amides is 2. The minimum absolute atomic E-state index is 0.0762. The van der Waals surface area contributed by atoms with Crippen LogP contribution in [0.3, 0.4) is 0 Å². The number of hydrazine groups is 1. The molecule has 1 atom stereocenters. The number of rotatable bonds is 9. The molecule has 0 unspecified atom stereocenters. The topological polar surface area (TPSA) is 97.0 Å². The Kier molecular flexibility index (Phi) is 8.43. The van der Waals surface area contributed by atoms with Crippen LogP contribution in [-0.2, 0) is 19.1 Å². The third kappa shape index (κ3) is 6.59. The number of esters is 1. The zero-order valence-electron chi connectivity index (χ0n) is 21.7. The normalized spacial score (nSPS) is 14.3. The van der Waals surface area contributed by atoms with Gasteiger partial charge in [-0.05, 0) is 66.4 Å². The second kappa shape index (κ2) is 12.1. The summed E-state index contributed by atoms with van der Waals surface area (Å²) in [6, 6.07) is 22.4. The molecule has 0 radical (unpaired) electrons. The van der Waals surface area contributed by atoms with Crippen LogP contribution in [0.15, 0.2) is 78.9 Å². The summed E-state index contributed by atoms with van der Waals surface area (Å²) in [5, 5.41) is 4.23. The highest BCUT2D eigenvalue weighted by molar-refractivity contribution is 5.93. The van der Waals surface area contributed by atoms with E-state index in [0.29, 0.717) is 11.4 Å². The van der Waals surface area contributed by atoms with Gasteiger partial charge in [-0.25, -0.2) is 5.01 Å². The lowest BCUT2D eigenvalue weighted by Crippen LogP contribution is -2.39. The van der Waals surface area contributed by atoms with E-state index in [2.05, 4.69) is 10.7 Å². The molecule has 3 aromatic carbocycles. The molecule has 3 aromatic rings. The number of ether oxygens (including phenoxy) is 2. The van der Waals surface area contributed by atoms with Crippen LogP contribution in [-0.4, -0.2) is 36.5 Å². The van der Waals surface area contributed by atoms with E-state index >= 15 is 0 Å². The second-order valence-electron chi connectivity index (χ2n) is 9.05. The molecule has 4 rings (SSSR count). The molecule has 196 valence electrons. The van der Waals surface area contributed by atoms with Gasteiger partial charge in [-0.3, -0.25) is 19.8 Å². The molecule has 0 saturated heterocycles. The molecule has 38 heavy (non-hydrogen) atoms. The van der Waals surface area contributed by atoms with Crippen molar-refractivity contribution in [2.75, 3.05) is 19.0 Å². The van der Waals surface area contributed by atoms with Crippen LogP contribution in [0.2, 0.25) is 0 Å². The summed E-state index contributed by atoms with van der Waals surface area (Å²) in [6.45, 7) is 3.52. The number of hydrogen-bond acceptors (Lipinski definition) is 6. The monoisotopic (exact) mass is 513 g/mol. The largest absolute Gasteiger partial charge is 0.497 e. The Labute approximate surface area is 222 Å². The molecule has 0 aromatic heterocycles. The average molecular weight is 514 g/mol. The summed E-state index contributed by atoms with van der Waals surface area (Å²) in [7, 11) is 1.60. The Balaban J connectivity index is 1.34. The highest BCUT2D eigenvalue weighted by Crippen LogP contribution is 2.32. The lowest BCUT2D eigenvalue weighted by molar-refractivity contribution is -0.149. The number of carbonyl (C=O) groups excluding carboxylic acids is 3. The van der Waals surface area contributed by atoms with Gasteiger partial charge in [0.2, 0.25) is 5.91 Å². The molecular formula is C30H31N3O5. The third-order valence-electron chi connectivity index (χ3n) is 6.35. The van der Waals surface area contributed by atoms with Crippen LogP contribution in [0.4, 0.5) is 5.69 Å². The fraction of sp³-hybridized carbons (Fsp3) is 0.233. The predicted molar refractivity (Wildman–Crippen MR) is 145 cm³/mol. The minimum atomic E-state index is -0.620. The van der Waals surface area contributed by atoms with E-state index in [1.54, 1.807) is 13.2 Å². The molecule has 2 amide bonds. The number of carbonyl (C=O) groups is 3. The summed E-state index contributed by atoms with van der Waals surface area (Å²) in [5.41, 5.74) is 8.62. The van der Waals surface area contributed by atoms with Gasteiger partial charge in [0.1, 0.15) is 5.75 Å². The van der Waals surface area contributed by atoms with Crippen LogP contribution in [0.5, 0.6) is 5.75 Å². The van der Waals surface area contributed by atoms with Gasteiger partial charge in [0.05, 0.1) is 25.3 Å². The van der Waals surface area contributed by atoms with Crippen molar-refractivity contribution in [2.24, 2.45) is 0 Å². The Morgan fingerprint density at radius 1 is 0.921 bits per heavy atom. The quantitative estimate of drug-likeness (QED) is 0.403. The highest BCUT2D eigenvalue weighted by Gasteiger charge is 2.31. The molecule has 0 aliphatic carbocycles. The van der Waals surface area contributed by atoms with Crippen molar-refractivity contribution in [2.45, 2.75) is 32.7 Å². The van der Waals surface area contributed by atoms with E-state index in [9.17, 15) is 14.4 Å². The predicted octanol–water partition coefficient (Wildman–Crippen LogP) is 4.70. The standard InChI is InChI=1S/C30H31N3O5/c1-20-9-12-24(17-21(20)2)31-28(34)19-38-30(36)16-15-29(35)33-27(23-10-13-25(37-3)14-11-23)18-26(32-33)22-7-5-4-6-8-22/h4-14,17-18,27,32H,15-16,19H2,1-3H3,(H,31,34)/t27-/m0/s1. The van der Waals surface area contributed by atoms with Gasteiger partial charge in [-0.15, -0.1) is 0 Å². The lowest BCUT2D eigenvalue weighted by Gasteiger charge is -2.25. The number of hydrogen-bond donors (Lipinski definition) is 2. The first kappa shape index (κ1) is 26.5. The maximum atomic E-state index is 13.2. The van der Waals surface area contributed by atoms with Crippen molar-refractivity contribution in [1.29, 1.82) is 0 Å². The Hall–Kier alpha value is -4.59. The molecule has 0 spiro atoms. The third-order valence-corrected chi connectivity index (χ3v) is 6.35. The summed E-state index contributed by atoms with van der Waals surface area (Å²) in [4.78, 5) is 37.7. The van der Waals surface area contributed by atoms with Crippen molar-refractivity contribution in [3.05, 3.63) is 101 Å². The SMILES string of the molecule is COc1ccc([C@@H]2C=C(c3ccccc3)NN2C(=O)CCC(=O)OCC(=O)Nc2ccc(C)c(C)c2)cc1. The number of benzene rings is 3. The van der Waals surface area contributed by atoms with Crippen LogP contribution in [0, 0.1) is 13.8 Å². The van der Waals surface area contributed by atoms with Crippen molar-refractivity contribution in [3.63, 3.8) is 0 Å². The lowest BCUT2D eigenvalue weighted by atomic mass is 10.0. The minimum Gasteiger partial charge on any atom is -0.497 e.